The Morgan fingerprint density at radius 1 is 1.50 bits per heavy atom. The minimum atomic E-state index is -0.557. The smallest absolute Gasteiger partial charge is 0.243 e. The highest BCUT2D eigenvalue weighted by atomic mass is 16.2. The molecular formula is C12H15N3O. The molecule has 0 saturated carbocycles. The minimum Gasteiger partial charge on any atom is -0.320 e. The summed E-state index contributed by atoms with van der Waals surface area (Å²) in [7, 11) is 0. The number of nitrogens with two attached hydrogens (primary N) is 1. The second-order valence-corrected chi connectivity index (χ2v) is 3.52. The molecule has 1 atom stereocenters. The van der Waals surface area contributed by atoms with Crippen molar-refractivity contribution in [1.29, 1.82) is 5.26 Å². The van der Waals surface area contributed by atoms with Crippen molar-refractivity contribution in [2.75, 3.05) is 11.4 Å². The second-order valence-electron chi connectivity index (χ2n) is 3.52. The fraction of sp³-hybridized carbons (Fsp3) is 0.333. The largest absolute Gasteiger partial charge is 0.320 e. The van der Waals surface area contributed by atoms with E-state index >= 15 is 0 Å². The van der Waals surface area contributed by atoms with Crippen LogP contribution in [0.5, 0.6) is 0 Å². The van der Waals surface area contributed by atoms with Crippen LogP contribution in [0.25, 0.3) is 0 Å². The van der Waals surface area contributed by atoms with E-state index in [0.29, 0.717) is 13.0 Å². The quantitative estimate of drug-likeness (QED) is 0.825. The highest BCUT2D eigenvalue weighted by Crippen LogP contribution is 2.14. The van der Waals surface area contributed by atoms with Gasteiger partial charge in [-0.3, -0.25) is 4.79 Å². The Hall–Kier alpha value is -1.86. The van der Waals surface area contributed by atoms with Gasteiger partial charge in [-0.15, -0.1) is 0 Å². The summed E-state index contributed by atoms with van der Waals surface area (Å²) in [5.74, 6) is -0.165. The summed E-state index contributed by atoms with van der Waals surface area (Å²) in [6, 6.07) is 10.7. The third-order valence-electron chi connectivity index (χ3n) is 2.17. The van der Waals surface area contributed by atoms with Crippen LogP contribution in [0.15, 0.2) is 30.3 Å². The number of hydrogen-bond donors (Lipinski definition) is 1. The van der Waals surface area contributed by atoms with Crippen LogP contribution >= 0.6 is 0 Å². The zero-order chi connectivity index (χ0) is 12.0. The molecule has 16 heavy (non-hydrogen) atoms. The standard InChI is InChI=1S/C12H15N3O/c1-10(14)12(16)15(9-5-8-13)11-6-3-2-4-7-11/h2-4,6-7,10H,5,9,14H2,1H3/t10-/m1/s1. The number of carbonyl (C=O) groups is 1. The van der Waals surface area contributed by atoms with Crippen molar-refractivity contribution in [3.8, 4) is 6.07 Å². The minimum absolute atomic E-state index is 0.165. The van der Waals surface area contributed by atoms with Gasteiger partial charge in [0, 0.05) is 12.2 Å². The molecule has 0 aliphatic heterocycles. The summed E-state index contributed by atoms with van der Waals surface area (Å²) in [5.41, 5.74) is 6.35. The van der Waals surface area contributed by atoms with E-state index in [9.17, 15) is 4.79 Å². The summed E-state index contributed by atoms with van der Waals surface area (Å²) in [5, 5.41) is 8.56. The monoisotopic (exact) mass is 217 g/mol. The molecule has 4 heteroatoms. The molecule has 2 N–H and O–H groups in total. The topological polar surface area (TPSA) is 70.1 Å². The van der Waals surface area contributed by atoms with Gasteiger partial charge in [0.05, 0.1) is 18.5 Å². The van der Waals surface area contributed by atoms with Crippen molar-refractivity contribution < 1.29 is 4.79 Å². The molecular weight excluding hydrogens is 202 g/mol. The average Bonchev–Trinajstić information content (AvgIpc) is 2.30. The maximum absolute atomic E-state index is 11.8. The molecule has 0 heterocycles. The predicted octanol–water partition coefficient (Wildman–Crippen LogP) is 1.28. The van der Waals surface area contributed by atoms with E-state index < -0.39 is 6.04 Å². The number of nitrogens with zero attached hydrogens (tertiary/aromatic N) is 2. The molecule has 1 aromatic rings. The van der Waals surface area contributed by atoms with E-state index in [1.807, 2.05) is 36.4 Å². The number of para-hydroxylation sites is 1. The van der Waals surface area contributed by atoms with E-state index in [-0.39, 0.29) is 5.91 Å². The third-order valence-corrected chi connectivity index (χ3v) is 2.17. The lowest BCUT2D eigenvalue weighted by atomic mass is 10.2. The number of carbonyl (C=O) groups excluding carboxylic acids is 1. The number of rotatable bonds is 4. The molecule has 84 valence electrons. The Balaban J connectivity index is 2.88. The summed E-state index contributed by atoms with van der Waals surface area (Å²) >= 11 is 0. The van der Waals surface area contributed by atoms with Gasteiger partial charge in [-0.05, 0) is 19.1 Å². The molecule has 0 aliphatic carbocycles. The summed E-state index contributed by atoms with van der Waals surface area (Å²) < 4.78 is 0. The van der Waals surface area contributed by atoms with Crippen molar-refractivity contribution in [1.82, 2.24) is 0 Å². The van der Waals surface area contributed by atoms with Crippen LogP contribution in [0.2, 0.25) is 0 Å². The van der Waals surface area contributed by atoms with Gasteiger partial charge in [0.1, 0.15) is 0 Å². The zero-order valence-corrected chi connectivity index (χ0v) is 9.26. The van der Waals surface area contributed by atoms with E-state index in [1.54, 1.807) is 11.8 Å². The van der Waals surface area contributed by atoms with Gasteiger partial charge < -0.3 is 10.6 Å². The molecule has 0 saturated heterocycles. The molecule has 0 unspecified atom stereocenters. The fourth-order valence-electron chi connectivity index (χ4n) is 1.38. The van der Waals surface area contributed by atoms with Crippen LogP contribution in [-0.4, -0.2) is 18.5 Å². The maximum Gasteiger partial charge on any atom is 0.243 e. The van der Waals surface area contributed by atoms with Crippen LogP contribution in [0.1, 0.15) is 13.3 Å². The summed E-state index contributed by atoms with van der Waals surface area (Å²) in [6.07, 6.45) is 0.299. The first kappa shape index (κ1) is 12.2. The van der Waals surface area contributed by atoms with Crippen LogP contribution in [0, 0.1) is 11.3 Å². The number of benzene rings is 1. The average molecular weight is 217 g/mol. The van der Waals surface area contributed by atoms with Crippen LogP contribution < -0.4 is 10.6 Å². The second kappa shape index (κ2) is 5.89. The normalized spacial score (nSPS) is 11.6. The van der Waals surface area contributed by atoms with Crippen LogP contribution in [0.3, 0.4) is 0 Å². The van der Waals surface area contributed by atoms with E-state index in [4.69, 9.17) is 11.0 Å². The van der Waals surface area contributed by atoms with E-state index in [1.165, 1.54) is 0 Å². The lowest BCUT2D eigenvalue weighted by Gasteiger charge is -2.23. The highest BCUT2D eigenvalue weighted by molar-refractivity contribution is 5.96. The molecule has 0 fully saturated rings. The Labute approximate surface area is 95.3 Å². The number of anilines is 1. The fourth-order valence-corrected chi connectivity index (χ4v) is 1.38. The molecule has 0 spiro atoms. The third kappa shape index (κ3) is 3.07. The SMILES string of the molecule is C[C@@H](N)C(=O)N(CCC#N)c1ccccc1. The van der Waals surface area contributed by atoms with Gasteiger partial charge in [-0.2, -0.15) is 5.26 Å². The van der Waals surface area contributed by atoms with Gasteiger partial charge >= 0.3 is 0 Å². The first-order chi connectivity index (χ1) is 7.66. The van der Waals surface area contributed by atoms with Crippen molar-refractivity contribution in [3.63, 3.8) is 0 Å². The maximum atomic E-state index is 11.8. The first-order valence-electron chi connectivity index (χ1n) is 5.15. The summed E-state index contributed by atoms with van der Waals surface area (Å²) in [4.78, 5) is 13.4. The Bertz CT molecular complexity index is 381. The predicted molar refractivity (Wildman–Crippen MR) is 62.7 cm³/mol. The number of nitriles is 1. The van der Waals surface area contributed by atoms with Gasteiger partial charge in [0.2, 0.25) is 5.91 Å². The molecule has 1 aromatic carbocycles. The molecule has 0 radical (unpaired) electrons. The number of hydrogen-bond acceptors (Lipinski definition) is 3. The highest BCUT2D eigenvalue weighted by Gasteiger charge is 2.18. The molecule has 0 bridgehead atoms. The van der Waals surface area contributed by atoms with Crippen molar-refractivity contribution >= 4 is 11.6 Å². The molecule has 1 rings (SSSR count). The lowest BCUT2D eigenvalue weighted by Crippen LogP contribution is -2.42. The number of amides is 1. The Morgan fingerprint density at radius 3 is 2.62 bits per heavy atom. The zero-order valence-electron chi connectivity index (χ0n) is 9.26. The lowest BCUT2D eigenvalue weighted by molar-refractivity contribution is -0.119. The molecule has 4 nitrogen and oxygen atoms in total. The molecule has 0 aromatic heterocycles. The van der Waals surface area contributed by atoms with Crippen molar-refractivity contribution in [2.45, 2.75) is 19.4 Å². The van der Waals surface area contributed by atoms with E-state index in [2.05, 4.69) is 0 Å². The Morgan fingerprint density at radius 2 is 2.12 bits per heavy atom. The van der Waals surface area contributed by atoms with Crippen LogP contribution in [0.4, 0.5) is 5.69 Å². The van der Waals surface area contributed by atoms with Crippen LogP contribution in [-0.2, 0) is 4.79 Å². The van der Waals surface area contributed by atoms with Gasteiger partial charge in [0.15, 0.2) is 0 Å². The van der Waals surface area contributed by atoms with E-state index in [0.717, 1.165) is 5.69 Å². The first-order valence-corrected chi connectivity index (χ1v) is 5.15. The van der Waals surface area contributed by atoms with Gasteiger partial charge in [-0.25, -0.2) is 0 Å². The molecule has 1 amide bonds. The van der Waals surface area contributed by atoms with Crippen molar-refractivity contribution in [2.24, 2.45) is 5.73 Å². The van der Waals surface area contributed by atoms with Gasteiger partial charge in [0.25, 0.3) is 0 Å². The molecule has 0 aliphatic rings. The summed E-state index contributed by atoms with van der Waals surface area (Å²) in [6.45, 7) is 2.02. The Kier molecular flexibility index (Phi) is 4.49. The van der Waals surface area contributed by atoms with Crippen molar-refractivity contribution in [3.05, 3.63) is 30.3 Å². The van der Waals surface area contributed by atoms with Gasteiger partial charge in [-0.1, -0.05) is 18.2 Å².